The summed E-state index contributed by atoms with van der Waals surface area (Å²) in [5.74, 6) is 1.08. The molecule has 0 aliphatic carbocycles. The third kappa shape index (κ3) is 2.56. The summed E-state index contributed by atoms with van der Waals surface area (Å²) in [7, 11) is 0. The van der Waals surface area contributed by atoms with Crippen LogP contribution in [-0.2, 0) is 0 Å². The van der Waals surface area contributed by atoms with Crippen LogP contribution in [-0.4, -0.2) is 34.9 Å². The van der Waals surface area contributed by atoms with Gasteiger partial charge in [0, 0.05) is 38.7 Å². The molecule has 2 N–H and O–H groups in total. The summed E-state index contributed by atoms with van der Waals surface area (Å²) in [6.45, 7) is 3.78. The topological polar surface area (TPSA) is 46.3 Å². The molecule has 2 aromatic rings. The first-order chi connectivity index (χ1) is 9.56. The van der Waals surface area contributed by atoms with Gasteiger partial charge in [-0.3, -0.25) is 4.79 Å². The molecule has 3 rings (SSSR count). The van der Waals surface area contributed by atoms with Gasteiger partial charge in [0.05, 0.1) is 5.69 Å². The number of nitrogen functional groups attached to an aromatic ring is 1. The van der Waals surface area contributed by atoms with Gasteiger partial charge in [-0.1, -0.05) is 28.9 Å². The minimum atomic E-state index is 0.0759. The zero-order chi connectivity index (χ0) is 14.3. The van der Waals surface area contributed by atoms with E-state index in [1.807, 2.05) is 34.9 Å². The lowest BCUT2D eigenvalue weighted by Gasteiger charge is -2.30. The number of fused-ring (bicyclic) bond motifs is 1. The lowest BCUT2D eigenvalue weighted by Crippen LogP contribution is -2.40. The van der Waals surface area contributed by atoms with Gasteiger partial charge < -0.3 is 10.6 Å². The second-order valence-corrected chi connectivity index (χ2v) is 8.43. The summed E-state index contributed by atoms with van der Waals surface area (Å²) in [5.41, 5.74) is 6.79. The molecule has 1 fully saturated rings. The number of nitrogens with two attached hydrogens (primary N) is 1. The van der Waals surface area contributed by atoms with Crippen LogP contribution in [0.2, 0.25) is 0 Å². The lowest BCUT2D eigenvalue weighted by molar-refractivity contribution is 0.0769. The molecule has 1 aromatic carbocycles. The van der Waals surface area contributed by atoms with E-state index in [-0.39, 0.29) is 5.91 Å². The average Bonchev–Trinajstić information content (AvgIpc) is 2.74. The van der Waals surface area contributed by atoms with Crippen LogP contribution in [0.1, 0.15) is 16.6 Å². The van der Waals surface area contributed by atoms with Crippen molar-refractivity contribution in [2.75, 3.05) is 24.6 Å². The number of halogens is 1. The first kappa shape index (κ1) is 14.2. The van der Waals surface area contributed by atoms with E-state index in [2.05, 4.69) is 22.9 Å². The summed E-state index contributed by atoms with van der Waals surface area (Å²) in [4.78, 5) is 15.3. The van der Waals surface area contributed by atoms with Gasteiger partial charge in [-0.05, 0) is 12.1 Å². The monoisotopic (exact) mass is 370 g/mol. The number of hydrogen-bond acceptors (Lipinski definition) is 4. The molecule has 20 heavy (non-hydrogen) atoms. The number of benzene rings is 1. The van der Waals surface area contributed by atoms with Crippen molar-refractivity contribution in [3.63, 3.8) is 0 Å². The van der Waals surface area contributed by atoms with Crippen molar-refractivity contribution in [1.29, 1.82) is 0 Å². The molecule has 106 valence electrons. The Balaban J connectivity index is 1.97. The third-order valence-electron chi connectivity index (χ3n) is 3.41. The quantitative estimate of drug-likeness (QED) is 0.829. The molecule has 1 saturated heterocycles. The average molecular weight is 371 g/mol. The SMILES string of the molecule is CC1CN(C(=O)c2sc3cc(Br)ccc3c2N)CCS1. The van der Waals surface area contributed by atoms with Crippen LogP contribution in [0.3, 0.4) is 0 Å². The van der Waals surface area contributed by atoms with Crippen molar-refractivity contribution in [2.24, 2.45) is 0 Å². The van der Waals surface area contributed by atoms with E-state index in [0.29, 0.717) is 15.8 Å². The molecule has 6 heteroatoms. The van der Waals surface area contributed by atoms with Crippen molar-refractivity contribution in [3.05, 3.63) is 27.5 Å². The highest BCUT2D eigenvalue weighted by Gasteiger charge is 2.26. The zero-order valence-corrected chi connectivity index (χ0v) is 14.3. The van der Waals surface area contributed by atoms with E-state index in [4.69, 9.17) is 5.73 Å². The minimum Gasteiger partial charge on any atom is -0.397 e. The smallest absolute Gasteiger partial charge is 0.266 e. The number of nitrogens with zero attached hydrogens (tertiary/aromatic N) is 1. The summed E-state index contributed by atoms with van der Waals surface area (Å²) in [6.07, 6.45) is 0. The van der Waals surface area contributed by atoms with Gasteiger partial charge in [0.1, 0.15) is 4.88 Å². The molecule has 0 saturated carbocycles. The summed E-state index contributed by atoms with van der Waals surface area (Å²) < 4.78 is 2.06. The van der Waals surface area contributed by atoms with E-state index in [1.54, 1.807) is 0 Å². The minimum absolute atomic E-state index is 0.0759. The Hall–Kier alpha value is -0.720. The Morgan fingerprint density at radius 2 is 2.30 bits per heavy atom. The Bertz CT molecular complexity index is 670. The van der Waals surface area contributed by atoms with Crippen molar-refractivity contribution in [3.8, 4) is 0 Å². The molecule has 1 aliphatic heterocycles. The molecule has 1 amide bonds. The van der Waals surface area contributed by atoms with Gasteiger partial charge in [-0.15, -0.1) is 11.3 Å². The second-order valence-electron chi connectivity index (χ2n) is 4.92. The molecule has 0 radical (unpaired) electrons. The lowest BCUT2D eigenvalue weighted by atomic mass is 10.2. The first-order valence-electron chi connectivity index (χ1n) is 6.44. The molecule has 1 aliphatic rings. The zero-order valence-electron chi connectivity index (χ0n) is 11.1. The molecule has 3 nitrogen and oxygen atoms in total. The summed E-state index contributed by atoms with van der Waals surface area (Å²) in [6, 6.07) is 5.94. The van der Waals surface area contributed by atoms with Gasteiger partial charge in [-0.25, -0.2) is 0 Å². The number of thiophene rings is 1. The maximum absolute atomic E-state index is 12.7. The van der Waals surface area contributed by atoms with Crippen LogP contribution in [0, 0.1) is 0 Å². The molecule has 1 aromatic heterocycles. The molecule has 0 bridgehead atoms. The van der Waals surface area contributed by atoms with E-state index < -0.39 is 0 Å². The Morgan fingerprint density at radius 1 is 1.50 bits per heavy atom. The van der Waals surface area contributed by atoms with Crippen LogP contribution >= 0.6 is 39.0 Å². The van der Waals surface area contributed by atoms with Crippen molar-refractivity contribution < 1.29 is 4.79 Å². The maximum atomic E-state index is 12.7. The van der Waals surface area contributed by atoms with Crippen LogP contribution < -0.4 is 5.73 Å². The first-order valence-corrected chi connectivity index (χ1v) is 9.10. The largest absolute Gasteiger partial charge is 0.397 e. The highest BCUT2D eigenvalue weighted by Crippen LogP contribution is 2.36. The maximum Gasteiger partial charge on any atom is 0.266 e. The molecule has 1 unspecified atom stereocenters. The number of amides is 1. The number of anilines is 1. The van der Waals surface area contributed by atoms with E-state index in [9.17, 15) is 4.79 Å². The van der Waals surface area contributed by atoms with Crippen LogP contribution in [0.5, 0.6) is 0 Å². The number of thioether (sulfide) groups is 1. The molecular weight excluding hydrogens is 356 g/mol. The van der Waals surface area contributed by atoms with Crippen LogP contribution in [0.25, 0.3) is 10.1 Å². The second kappa shape index (κ2) is 5.58. The molecular formula is C14H15BrN2OS2. The van der Waals surface area contributed by atoms with Crippen molar-refractivity contribution in [2.45, 2.75) is 12.2 Å². The predicted octanol–water partition coefficient (Wildman–Crippen LogP) is 3.82. The summed E-state index contributed by atoms with van der Waals surface area (Å²) >= 11 is 6.86. The molecule has 0 spiro atoms. The molecule has 1 atom stereocenters. The molecule has 2 heterocycles. The Kier molecular flexibility index (Phi) is 3.97. The fourth-order valence-electron chi connectivity index (χ4n) is 2.40. The summed E-state index contributed by atoms with van der Waals surface area (Å²) in [5, 5.41) is 1.47. The van der Waals surface area contributed by atoms with E-state index in [1.165, 1.54) is 11.3 Å². The predicted molar refractivity (Wildman–Crippen MR) is 91.8 cm³/mol. The van der Waals surface area contributed by atoms with Gasteiger partial charge in [0.2, 0.25) is 0 Å². The standard InChI is InChI=1S/C14H15BrN2OS2/c1-8-7-17(4-5-19-8)14(18)13-12(16)10-3-2-9(15)6-11(10)20-13/h2-3,6,8H,4-5,7,16H2,1H3. The third-order valence-corrected chi connectivity index (χ3v) is 6.20. The number of carbonyl (C=O) groups excluding carboxylic acids is 1. The Morgan fingerprint density at radius 3 is 3.05 bits per heavy atom. The van der Waals surface area contributed by atoms with Gasteiger partial charge in [0.15, 0.2) is 0 Å². The van der Waals surface area contributed by atoms with Crippen molar-refractivity contribution >= 4 is 60.7 Å². The normalized spacial score (nSPS) is 19.5. The van der Waals surface area contributed by atoms with E-state index >= 15 is 0 Å². The van der Waals surface area contributed by atoms with Gasteiger partial charge in [0.25, 0.3) is 5.91 Å². The highest BCUT2D eigenvalue weighted by molar-refractivity contribution is 9.10. The van der Waals surface area contributed by atoms with Crippen molar-refractivity contribution in [1.82, 2.24) is 4.90 Å². The number of hydrogen-bond donors (Lipinski definition) is 1. The van der Waals surface area contributed by atoms with Gasteiger partial charge >= 0.3 is 0 Å². The number of carbonyl (C=O) groups is 1. The van der Waals surface area contributed by atoms with E-state index in [0.717, 1.165) is 33.4 Å². The fourth-order valence-corrected chi connectivity index (χ4v) is 5.05. The number of rotatable bonds is 1. The van der Waals surface area contributed by atoms with Crippen LogP contribution in [0.15, 0.2) is 22.7 Å². The Labute approximate surface area is 134 Å². The fraction of sp³-hybridized carbons (Fsp3) is 0.357. The van der Waals surface area contributed by atoms with Crippen LogP contribution in [0.4, 0.5) is 5.69 Å². The van der Waals surface area contributed by atoms with Gasteiger partial charge in [-0.2, -0.15) is 11.8 Å². The highest BCUT2D eigenvalue weighted by atomic mass is 79.9.